The van der Waals surface area contributed by atoms with Gasteiger partial charge in [0.1, 0.15) is 0 Å². The summed E-state index contributed by atoms with van der Waals surface area (Å²) in [7, 11) is -3.11. The van der Waals surface area contributed by atoms with Gasteiger partial charge in [0.25, 0.3) is 5.91 Å². The molecule has 23 heavy (non-hydrogen) atoms. The maximum Gasteiger partial charge on any atom is 0.338 e. The molecule has 0 aliphatic carbocycles. The first-order valence-corrected chi connectivity index (χ1v) is 9.18. The maximum atomic E-state index is 12.0. The Bertz CT molecular complexity index is 741. The molecule has 126 valence electrons. The highest BCUT2D eigenvalue weighted by Crippen LogP contribution is 2.22. The third kappa shape index (κ3) is 4.54. The molecule has 0 unspecified atom stereocenters. The normalized spacial score (nSPS) is 22.6. The Morgan fingerprint density at radius 3 is 2.61 bits per heavy atom. The van der Waals surface area contributed by atoms with Gasteiger partial charge in [0.05, 0.1) is 22.6 Å². The number of ether oxygens (including phenoxy) is 1. The fourth-order valence-electron chi connectivity index (χ4n) is 2.65. The molecular formula is C16H21NO5S. The molecule has 1 N–H and O–H groups in total. The number of carbonyl (C=O) groups excluding carboxylic acids is 2. The minimum atomic E-state index is -3.11. The fraction of sp³-hybridized carbons (Fsp3) is 0.500. The van der Waals surface area contributed by atoms with Crippen LogP contribution in [0.25, 0.3) is 0 Å². The molecule has 1 heterocycles. The molecule has 0 bridgehead atoms. The quantitative estimate of drug-likeness (QED) is 0.831. The summed E-state index contributed by atoms with van der Waals surface area (Å²) >= 11 is 0. The highest BCUT2D eigenvalue weighted by molar-refractivity contribution is 7.91. The summed E-state index contributed by atoms with van der Waals surface area (Å²) in [5.41, 5.74) is 1.33. The zero-order valence-corrected chi connectivity index (χ0v) is 14.3. The van der Waals surface area contributed by atoms with Crippen molar-refractivity contribution in [1.29, 1.82) is 0 Å². The average molecular weight is 339 g/mol. The molecule has 0 spiro atoms. The summed E-state index contributed by atoms with van der Waals surface area (Å²) < 4.78 is 28.1. The highest BCUT2D eigenvalue weighted by atomic mass is 32.2. The molecule has 0 radical (unpaired) electrons. The second-order valence-electron chi connectivity index (χ2n) is 6.35. The van der Waals surface area contributed by atoms with Gasteiger partial charge in [-0.3, -0.25) is 4.79 Å². The molecule has 1 aromatic carbocycles. The smallest absolute Gasteiger partial charge is 0.338 e. The Morgan fingerprint density at radius 1 is 1.30 bits per heavy atom. The lowest BCUT2D eigenvalue weighted by molar-refractivity contribution is -0.125. The van der Waals surface area contributed by atoms with E-state index in [-0.39, 0.29) is 11.5 Å². The van der Waals surface area contributed by atoms with Crippen molar-refractivity contribution < 1.29 is 22.7 Å². The van der Waals surface area contributed by atoms with E-state index in [4.69, 9.17) is 4.74 Å². The Hall–Kier alpha value is -1.89. The van der Waals surface area contributed by atoms with Crippen LogP contribution in [-0.2, 0) is 19.4 Å². The maximum absolute atomic E-state index is 12.0. The van der Waals surface area contributed by atoms with E-state index in [1.165, 1.54) is 0 Å². The van der Waals surface area contributed by atoms with E-state index >= 15 is 0 Å². The van der Waals surface area contributed by atoms with Crippen LogP contribution in [0, 0.1) is 13.8 Å². The molecule has 1 amide bonds. The monoisotopic (exact) mass is 339 g/mol. The second-order valence-corrected chi connectivity index (χ2v) is 8.53. The standard InChI is InChI=1S/C16H21NO5S/c1-11-4-5-12(2)13(8-11)15(19)22-9-14(18)17-16(3)6-7-23(20,21)10-16/h4-5,8H,6-7,9-10H2,1-3H3,(H,17,18)/t16-/m1/s1. The van der Waals surface area contributed by atoms with Crippen LogP contribution in [0.2, 0.25) is 0 Å². The fourth-order valence-corrected chi connectivity index (χ4v) is 4.74. The molecule has 1 aliphatic heterocycles. The first kappa shape index (κ1) is 17.5. The van der Waals surface area contributed by atoms with E-state index < -0.39 is 33.9 Å². The summed E-state index contributed by atoms with van der Waals surface area (Å²) in [6.07, 6.45) is 0.367. The predicted molar refractivity (Wildman–Crippen MR) is 86.0 cm³/mol. The number of aryl methyl sites for hydroxylation is 2. The Labute approximate surface area is 136 Å². The molecule has 0 saturated carbocycles. The zero-order valence-electron chi connectivity index (χ0n) is 13.5. The summed E-state index contributed by atoms with van der Waals surface area (Å²) in [6, 6.07) is 5.41. The first-order chi connectivity index (χ1) is 10.6. The van der Waals surface area contributed by atoms with Crippen molar-refractivity contribution in [3.05, 3.63) is 34.9 Å². The van der Waals surface area contributed by atoms with Gasteiger partial charge < -0.3 is 10.1 Å². The van der Waals surface area contributed by atoms with Crippen molar-refractivity contribution in [2.75, 3.05) is 18.1 Å². The number of hydrogen-bond acceptors (Lipinski definition) is 5. The van der Waals surface area contributed by atoms with Crippen LogP contribution in [0.1, 0.15) is 34.8 Å². The van der Waals surface area contributed by atoms with Gasteiger partial charge in [-0.25, -0.2) is 13.2 Å². The van der Waals surface area contributed by atoms with E-state index in [0.717, 1.165) is 11.1 Å². The third-order valence-electron chi connectivity index (χ3n) is 3.89. The van der Waals surface area contributed by atoms with Gasteiger partial charge in [-0.15, -0.1) is 0 Å². The number of esters is 1. The Morgan fingerprint density at radius 2 is 2.00 bits per heavy atom. The lowest BCUT2D eigenvalue weighted by Gasteiger charge is -2.23. The van der Waals surface area contributed by atoms with Crippen LogP contribution in [-0.4, -0.2) is 43.9 Å². The van der Waals surface area contributed by atoms with Crippen molar-refractivity contribution >= 4 is 21.7 Å². The van der Waals surface area contributed by atoms with Gasteiger partial charge in [0, 0.05) is 0 Å². The van der Waals surface area contributed by atoms with Crippen molar-refractivity contribution in [3.8, 4) is 0 Å². The minimum absolute atomic E-state index is 0.0616. The molecule has 7 heteroatoms. The van der Waals surface area contributed by atoms with Crippen LogP contribution in [0.3, 0.4) is 0 Å². The van der Waals surface area contributed by atoms with Gasteiger partial charge in [-0.05, 0) is 38.8 Å². The predicted octanol–water partition coefficient (Wildman–Crippen LogP) is 1.15. The third-order valence-corrected chi connectivity index (χ3v) is 5.79. The number of carbonyl (C=O) groups is 2. The van der Waals surface area contributed by atoms with E-state index in [0.29, 0.717) is 12.0 Å². The highest BCUT2D eigenvalue weighted by Gasteiger charge is 2.39. The van der Waals surface area contributed by atoms with Gasteiger partial charge in [0.15, 0.2) is 16.4 Å². The lowest BCUT2D eigenvalue weighted by atomic mass is 10.0. The van der Waals surface area contributed by atoms with Crippen molar-refractivity contribution in [2.45, 2.75) is 32.7 Å². The summed E-state index contributed by atoms with van der Waals surface area (Å²) in [6.45, 7) is 4.91. The number of hydrogen-bond donors (Lipinski definition) is 1. The summed E-state index contributed by atoms with van der Waals surface area (Å²) in [4.78, 5) is 24.0. The SMILES string of the molecule is Cc1ccc(C)c(C(=O)OCC(=O)N[C@]2(C)CCS(=O)(=O)C2)c1. The van der Waals surface area contributed by atoms with Crippen LogP contribution in [0.15, 0.2) is 18.2 Å². The van der Waals surface area contributed by atoms with Crippen LogP contribution >= 0.6 is 0 Å². The largest absolute Gasteiger partial charge is 0.452 e. The zero-order chi connectivity index (χ0) is 17.3. The van der Waals surface area contributed by atoms with Crippen molar-refractivity contribution in [1.82, 2.24) is 5.32 Å². The molecule has 1 atom stereocenters. The Balaban J connectivity index is 1.92. The first-order valence-electron chi connectivity index (χ1n) is 7.36. The molecule has 1 aliphatic rings. The van der Waals surface area contributed by atoms with Crippen LogP contribution < -0.4 is 5.32 Å². The van der Waals surface area contributed by atoms with Gasteiger partial charge in [0.2, 0.25) is 0 Å². The molecule has 1 saturated heterocycles. The van der Waals surface area contributed by atoms with Crippen LogP contribution in [0.4, 0.5) is 0 Å². The minimum Gasteiger partial charge on any atom is -0.452 e. The number of amides is 1. The lowest BCUT2D eigenvalue weighted by Crippen LogP contribution is -2.48. The van der Waals surface area contributed by atoms with Gasteiger partial charge >= 0.3 is 5.97 Å². The van der Waals surface area contributed by atoms with E-state index in [1.54, 1.807) is 19.9 Å². The number of rotatable bonds is 4. The van der Waals surface area contributed by atoms with Crippen molar-refractivity contribution in [2.24, 2.45) is 0 Å². The average Bonchev–Trinajstić information content (AvgIpc) is 2.72. The molecule has 0 aromatic heterocycles. The second kappa shape index (κ2) is 6.31. The van der Waals surface area contributed by atoms with E-state index in [2.05, 4.69) is 5.32 Å². The van der Waals surface area contributed by atoms with Gasteiger partial charge in [-0.2, -0.15) is 0 Å². The van der Waals surface area contributed by atoms with E-state index in [9.17, 15) is 18.0 Å². The Kier molecular flexibility index (Phi) is 4.79. The van der Waals surface area contributed by atoms with Crippen molar-refractivity contribution in [3.63, 3.8) is 0 Å². The topological polar surface area (TPSA) is 89.5 Å². The molecule has 1 fully saturated rings. The molecule has 2 rings (SSSR count). The molecule has 6 nitrogen and oxygen atoms in total. The summed E-state index contributed by atoms with van der Waals surface area (Å²) in [5.74, 6) is -1.09. The summed E-state index contributed by atoms with van der Waals surface area (Å²) in [5, 5.41) is 2.65. The van der Waals surface area contributed by atoms with Crippen LogP contribution in [0.5, 0.6) is 0 Å². The van der Waals surface area contributed by atoms with Gasteiger partial charge in [-0.1, -0.05) is 17.7 Å². The molecular weight excluding hydrogens is 318 g/mol. The number of sulfone groups is 1. The number of benzene rings is 1. The van der Waals surface area contributed by atoms with E-state index in [1.807, 2.05) is 19.1 Å². The number of nitrogens with one attached hydrogen (secondary N) is 1. The molecule has 1 aromatic rings.